The molecule has 6 nitrogen and oxygen atoms in total. The fourth-order valence-electron chi connectivity index (χ4n) is 3.99. The van der Waals surface area contributed by atoms with Gasteiger partial charge in [-0.15, -0.1) is 16.5 Å². The molecule has 1 amide bonds. The van der Waals surface area contributed by atoms with Crippen LogP contribution in [0.5, 0.6) is 0 Å². The van der Waals surface area contributed by atoms with Crippen molar-refractivity contribution in [2.75, 3.05) is 5.32 Å². The minimum atomic E-state index is -1.56. The SMILES string of the molecule is CC1Cc2sc(NC(=O)Cc3ccc([S+](N)[O-])cc3)c(C#N)c2CN1Cc1cccc(F)c1. The van der Waals surface area contributed by atoms with Gasteiger partial charge in [0.05, 0.1) is 23.3 Å². The van der Waals surface area contributed by atoms with Crippen molar-refractivity contribution in [1.29, 1.82) is 5.26 Å². The summed E-state index contributed by atoms with van der Waals surface area (Å²) in [4.78, 5) is 16.5. The summed E-state index contributed by atoms with van der Waals surface area (Å²) in [6.45, 7) is 3.27. The average molecular weight is 483 g/mol. The van der Waals surface area contributed by atoms with Crippen LogP contribution in [0.2, 0.25) is 0 Å². The third-order valence-electron chi connectivity index (χ3n) is 5.72. The molecule has 0 fully saturated rings. The molecule has 0 aliphatic carbocycles. The first-order chi connectivity index (χ1) is 15.8. The maximum absolute atomic E-state index is 13.6. The molecule has 9 heteroatoms. The van der Waals surface area contributed by atoms with E-state index in [1.54, 1.807) is 30.3 Å². The van der Waals surface area contributed by atoms with Crippen LogP contribution in [0.15, 0.2) is 53.4 Å². The molecule has 0 saturated heterocycles. The van der Waals surface area contributed by atoms with Gasteiger partial charge in [0.15, 0.2) is 4.90 Å². The van der Waals surface area contributed by atoms with Gasteiger partial charge in [-0.05, 0) is 48.7 Å². The lowest BCUT2D eigenvalue weighted by Gasteiger charge is -2.33. The van der Waals surface area contributed by atoms with Gasteiger partial charge >= 0.3 is 0 Å². The Hall–Kier alpha value is -2.74. The van der Waals surface area contributed by atoms with Crippen LogP contribution in [-0.2, 0) is 42.1 Å². The molecule has 2 aromatic carbocycles. The van der Waals surface area contributed by atoms with E-state index in [2.05, 4.69) is 23.2 Å². The lowest BCUT2D eigenvalue weighted by Crippen LogP contribution is -2.37. The van der Waals surface area contributed by atoms with Gasteiger partial charge in [0, 0.05) is 29.6 Å². The zero-order valence-electron chi connectivity index (χ0n) is 18.0. The number of amides is 1. The van der Waals surface area contributed by atoms with Gasteiger partial charge in [0.2, 0.25) is 5.91 Å². The second kappa shape index (κ2) is 10.0. The number of hydrogen-bond donors (Lipinski definition) is 2. The van der Waals surface area contributed by atoms with E-state index in [0.717, 1.165) is 28.0 Å². The molecule has 0 bridgehead atoms. The fourth-order valence-corrected chi connectivity index (χ4v) is 5.69. The Kier molecular flexibility index (Phi) is 7.12. The van der Waals surface area contributed by atoms with Crippen molar-refractivity contribution in [3.05, 3.63) is 81.5 Å². The number of carbonyl (C=O) groups is 1. The third kappa shape index (κ3) is 5.43. The Balaban J connectivity index is 1.48. The van der Waals surface area contributed by atoms with Gasteiger partial charge in [-0.1, -0.05) is 24.3 Å². The average Bonchev–Trinajstić information content (AvgIpc) is 3.09. The van der Waals surface area contributed by atoms with Gasteiger partial charge in [-0.3, -0.25) is 9.69 Å². The summed E-state index contributed by atoms with van der Waals surface area (Å²) < 4.78 is 24.9. The molecule has 33 heavy (non-hydrogen) atoms. The largest absolute Gasteiger partial charge is 0.593 e. The molecule has 1 aliphatic heterocycles. The Bertz CT molecular complexity index is 1200. The summed E-state index contributed by atoms with van der Waals surface area (Å²) in [6.07, 6.45) is 0.893. The number of nitrogens with zero attached hydrogens (tertiary/aromatic N) is 2. The topological polar surface area (TPSA) is 105 Å². The van der Waals surface area contributed by atoms with Crippen LogP contribution in [-0.4, -0.2) is 21.4 Å². The van der Waals surface area contributed by atoms with E-state index in [1.807, 2.05) is 6.07 Å². The summed E-state index contributed by atoms with van der Waals surface area (Å²) in [7, 11) is 0. The highest BCUT2D eigenvalue weighted by Gasteiger charge is 2.29. The number of hydrogen-bond acceptors (Lipinski definition) is 6. The van der Waals surface area contributed by atoms with E-state index in [1.165, 1.54) is 23.5 Å². The maximum atomic E-state index is 13.6. The predicted molar refractivity (Wildman–Crippen MR) is 127 cm³/mol. The molecule has 0 spiro atoms. The number of nitrogens with one attached hydrogen (secondary N) is 1. The number of rotatable bonds is 6. The van der Waals surface area contributed by atoms with Crippen molar-refractivity contribution >= 4 is 33.6 Å². The number of carbonyl (C=O) groups excluding carboxylic acids is 1. The highest BCUT2D eigenvalue weighted by Crippen LogP contribution is 2.38. The molecule has 2 atom stereocenters. The quantitative estimate of drug-likeness (QED) is 0.519. The van der Waals surface area contributed by atoms with Crippen LogP contribution in [0.25, 0.3) is 0 Å². The Morgan fingerprint density at radius 3 is 2.76 bits per heavy atom. The Morgan fingerprint density at radius 1 is 1.33 bits per heavy atom. The maximum Gasteiger partial charge on any atom is 0.229 e. The smallest absolute Gasteiger partial charge is 0.229 e. The van der Waals surface area contributed by atoms with Crippen molar-refractivity contribution in [2.24, 2.45) is 5.14 Å². The van der Waals surface area contributed by atoms with Crippen molar-refractivity contribution in [3.8, 4) is 6.07 Å². The Morgan fingerprint density at radius 2 is 2.09 bits per heavy atom. The summed E-state index contributed by atoms with van der Waals surface area (Å²) in [5, 5.41) is 18.6. The number of nitriles is 1. The summed E-state index contributed by atoms with van der Waals surface area (Å²) >= 11 is -0.111. The first-order valence-corrected chi connectivity index (χ1v) is 12.4. The van der Waals surface area contributed by atoms with Crippen LogP contribution in [0, 0.1) is 17.1 Å². The number of fused-ring (bicyclic) bond motifs is 1. The molecule has 4 rings (SSSR count). The van der Waals surface area contributed by atoms with E-state index in [9.17, 15) is 19.0 Å². The number of thiophene rings is 1. The second-order valence-corrected chi connectivity index (χ2v) is 10.2. The number of nitrogens with two attached hydrogens (primary N) is 1. The van der Waals surface area contributed by atoms with Crippen molar-refractivity contribution in [1.82, 2.24) is 4.90 Å². The molecule has 2 unspecified atom stereocenters. The monoisotopic (exact) mass is 482 g/mol. The number of halogens is 1. The van der Waals surface area contributed by atoms with Crippen LogP contribution in [0.3, 0.4) is 0 Å². The Labute approximate surface area is 199 Å². The van der Waals surface area contributed by atoms with Gasteiger partial charge in [-0.25, -0.2) is 4.39 Å². The van der Waals surface area contributed by atoms with E-state index >= 15 is 0 Å². The zero-order valence-corrected chi connectivity index (χ0v) is 19.6. The van der Waals surface area contributed by atoms with Crippen LogP contribution in [0.1, 0.15) is 34.1 Å². The normalized spacial score (nSPS) is 16.6. The van der Waals surface area contributed by atoms with E-state index in [0.29, 0.717) is 28.5 Å². The van der Waals surface area contributed by atoms with Crippen LogP contribution >= 0.6 is 11.3 Å². The fraction of sp³-hybridized carbons (Fsp3) is 0.250. The molecule has 170 valence electrons. The summed E-state index contributed by atoms with van der Waals surface area (Å²) in [5.41, 5.74) is 3.07. The van der Waals surface area contributed by atoms with Crippen LogP contribution < -0.4 is 10.5 Å². The van der Waals surface area contributed by atoms with Gasteiger partial charge in [0.25, 0.3) is 0 Å². The predicted octanol–water partition coefficient (Wildman–Crippen LogP) is 3.87. The van der Waals surface area contributed by atoms with Gasteiger partial charge < -0.3 is 9.87 Å². The van der Waals surface area contributed by atoms with Crippen molar-refractivity contribution < 1.29 is 13.7 Å². The molecule has 0 radical (unpaired) electrons. The molecule has 2 heterocycles. The molecule has 0 saturated carbocycles. The highest BCUT2D eigenvalue weighted by molar-refractivity contribution is 7.89. The van der Waals surface area contributed by atoms with E-state index in [4.69, 9.17) is 5.14 Å². The van der Waals surface area contributed by atoms with E-state index in [-0.39, 0.29) is 24.2 Å². The summed E-state index contributed by atoms with van der Waals surface area (Å²) in [6, 6.07) is 15.8. The minimum absolute atomic E-state index is 0.132. The second-order valence-electron chi connectivity index (χ2n) is 8.07. The molecular formula is C24H23FN4O2S2. The first kappa shape index (κ1) is 23.4. The first-order valence-electron chi connectivity index (χ1n) is 10.4. The van der Waals surface area contributed by atoms with Crippen molar-refractivity contribution in [3.63, 3.8) is 0 Å². The molecule has 1 aromatic heterocycles. The third-order valence-corrected chi connectivity index (χ3v) is 7.62. The van der Waals surface area contributed by atoms with Gasteiger partial charge in [0.1, 0.15) is 16.9 Å². The lowest BCUT2D eigenvalue weighted by atomic mass is 9.99. The number of benzene rings is 2. The molecular weight excluding hydrogens is 459 g/mol. The zero-order chi connectivity index (χ0) is 23.5. The van der Waals surface area contributed by atoms with Crippen molar-refractivity contribution in [2.45, 2.75) is 43.8 Å². The lowest BCUT2D eigenvalue weighted by molar-refractivity contribution is -0.115. The minimum Gasteiger partial charge on any atom is -0.593 e. The van der Waals surface area contributed by atoms with Crippen LogP contribution in [0.4, 0.5) is 9.39 Å². The summed E-state index contributed by atoms with van der Waals surface area (Å²) in [5.74, 6) is -0.488. The van der Waals surface area contributed by atoms with E-state index < -0.39 is 11.4 Å². The molecule has 1 aliphatic rings. The number of anilines is 1. The molecule has 3 N–H and O–H groups in total. The molecule has 3 aromatic rings. The highest BCUT2D eigenvalue weighted by atomic mass is 32.2. The standard InChI is InChI=1S/C24H23FN4O2S2/c1-15-9-22-21(14-29(15)13-17-3-2-4-18(25)10-17)20(12-26)24(32-22)28-23(30)11-16-5-7-19(8-6-16)33(27)31/h2-8,10,15H,9,11,13-14,27H2,1H3,(H,28,30). The van der Waals surface area contributed by atoms with Gasteiger partial charge in [-0.2, -0.15) is 5.26 Å².